The highest BCUT2D eigenvalue weighted by molar-refractivity contribution is 7.09. The van der Waals surface area contributed by atoms with Gasteiger partial charge in [-0.15, -0.1) is 11.3 Å². The number of hydrogen-bond donors (Lipinski definition) is 1. The maximum atomic E-state index is 11.0. The van der Waals surface area contributed by atoms with Crippen LogP contribution in [0.4, 0.5) is 11.4 Å². The normalized spacial score (nSPS) is 10.6. The van der Waals surface area contributed by atoms with Crippen LogP contribution in [-0.2, 0) is 6.42 Å². The summed E-state index contributed by atoms with van der Waals surface area (Å²) in [5.74, 6) is 0.286. The van der Waals surface area contributed by atoms with Gasteiger partial charge in [-0.1, -0.05) is 0 Å². The van der Waals surface area contributed by atoms with E-state index >= 15 is 0 Å². The highest BCUT2D eigenvalue weighted by Crippen LogP contribution is 2.30. The molecule has 112 valence electrons. The molecule has 1 N–H and O–H groups in total. The van der Waals surface area contributed by atoms with Crippen molar-refractivity contribution >= 4 is 22.7 Å². The van der Waals surface area contributed by atoms with Crippen LogP contribution in [0, 0.1) is 10.1 Å². The van der Waals surface area contributed by atoms with Crippen LogP contribution in [0.3, 0.4) is 0 Å². The van der Waals surface area contributed by atoms with E-state index in [9.17, 15) is 10.1 Å². The molecule has 0 atom stereocenters. The van der Waals surface area contributed by atoms with E-state index in [0.717, 1.165) is 17.1 Å². The van der Waals surface area contributed by atoms with Crippen molar-refractivity contribution < 1.29 is 9.66 Å². The predicted molar refractivity (Wildman–Crippen MR) is 83.2 cm³/mol. The average Bonchev–Trinajstić information content (AvgIpc) is 2.91. The number of nitrogens with zero attached hydrogens (tertiary/aromatic N) is 2. The number of nitrogens with one attached hydrogen (secondary N) is 1. The van der Waals surface area contributed by atoms with E-state index in [1.165, 1.54) is 6.07 Å². The van der Waals surface area contributed by atoms with Gasteiger partial charge in [-0.3, -0.25) is 10.1 Å². The van der Waals surface area contributed by atoms with Crippen molar-refractivity contribution in [1.82, 2.24) is 4.98 Å². The number of ether oxygens (including phenoxy) is 1. The minimum absolute atomic E-state index is 0.0193. The smallest absolute Gasteiger partial charge is 0.311 e. The number of rotatable bonds is 7. The summed E-state index contributed by atoms with van der Waals surface area (Å²) in [4.78, 5) is 14.8. The van der Waals surface area contributed by atoms with Crippen molar-refractivity contribution in [2.24, 2.45) is 0 Å². The third kappa shape index (κ3) is 4.42. The maximum absolute atomic E-state index is 11.0. The molecule has 0 saturated carbocycles. The van der Waals surface area contributed by atoms with Crippen molar-refractivity contribution in [3.63, 3.8) is 0 Å². The summed E-state index contributed by atoms with van der Waals surface area (Å²) in [5, 5.41) is 17.2. The monoisotopic (exact) mass is 307 g/mol. The first-order valence-electron chi connectivity index (χ1n) is 6.63. The lowest BCUT2D eigenvalue weighted by Gasteiger charge is -2.12. The van der Waals surface area contributed by atoms with Crippen LogP contribution in [0.25, 0.3) is 0 Å². The fraction of sp³-hybridized carbons (Fsp3) is 0.357. The Morgan fingerprint density at radius 1 is 1.48 bits per heavy atom. The quantitative estimate of drug-likeness (QED) is 0.626. The van der Waals surface area contributed by atoms with Crippen LogP contribution in [0.1, 0.15) is 18.9 Å². The maximum Gasteiger partial charge on any atom is 0.311 e. The van der Waals surface area contributed by atoms with Gasteiger partial charge in [-0.2, -0.15) is 0 Å². The first-order valence-corrected chi connectivity index (χ1v) is 7.51. The minimum atomic E-state index is -0.433. The van der Waals surface area contributed by atoms with Crippen molar-refractivity contribution in [1.29, 1.82) is 0 Å². The Bertz CT molecular complexity index is 600. The van der Waals surface area contributed by atoms with Crippen LogP contribution in [-0.4, -0.2) is 22.6 Å². The standard InChI is InChI=1S/C14H17N3O3S/c1-10(2)20-13-9-11(3-4-12(13)17(18)19)15-6-5-14-16-7-8-21-14/h3-4,7-10,15H,5-6H2,1-2H3. The van der Waals surface area contributed by atoms with Crippen LogP contribution in [0.5, 0.6) is 5.75 Å². The van der Waals surface area contributed by atoms with Gasteiger partial charge in [0, 0.05) is 42.4 Å². The van der Waals surface area contributed by atoms with E-state index in [-0.39, 0.29) is 17.5 Å². The van der Waals surface area contributed by atoms with Gasteiger partial charge in [0.1, 0.15) is 0 Å². The molecule has 7 heteroatoms. The summed E-state index contributed by atoms with van der Waals surface area (Å²) in [6.45, 7) is 4.39. The van der Waals surface area contributed by atoms with Gasteiger partial charge in [0.05, 0.1) is 16.0 Å². The topological polar surface area (TPSA) is 77.3 Å². The molecule has 0 amide bonds. The lowest BCUT2D eigenvalue weighted by atomic mass is 10.2. The zero-order chi connectivity index (χ0) is 15.2. The molecule has 2 rings (SSSR count). The van der Waals surface area contributed by atoms with Gasteiger partial charge in [-0.25, -0.2) is 4.98 Å². The number of thiazole rings is 1. The fourth-order valence-corrected chi connectivity index (χ4v) is 2.43. The molecule has 0 spiro atoms. The highest BCUT2D eigenvalue weighted by Gasteiger charge is 2.16. The average molecular weight is 307 g/mol. The van der Waals surface area contributed by atoms with Gasteiger partial charge >= 0.3 is 5.69 Å². The van der Waals surface area contributed by atoms with Gasteiger partial charge in [0.25, 0.3) is 0 Å². The first kappa shape index (κ1) is 15.2. The summed E-state index contributed by atoms with van der Waals surface area (Å²) in [6.07, 6.45) is 2.48. The number of nitro groups is 1. The molecule has 2 aromatic rings. The zero-order valence-corrected chi connectivity index (χ0v) is 12.7. The number of aromatic nitrogens is 1. The summed E-state index contributed by atoms with van der Waals surface area (Å²) in [6, 6.07) is 4.82. The molecule has 21 heavy (non-hydrogen) atoms. The van der Waals surface area contributed by atoms with Gasteiger partial charge in [0.15, 0.2) is 5.75 Å². The summed E-state index contributed by atoms with van der Waals surface area (Å²) >= 11 is 1.61. The van der Waals surface area contributed by atoms with E-state index in [1.54, 1.807) is 29.7 Å². The molecule has 0 radical (unpaired) electrons. The summed E-state index contributed by atoms with van der Waals surface area (Å²) in [7, 11) is 0. The Morgan fingerprint density at radius 3 is 2.90 bits per heavy atom. The van der Waals surface area contributed by atoms with Crippen molar-refractivity contribution in [2.45, 2.75) is 26.4 Å². The van der Waals surface area contributed by atoms with Gasteiger partial charge < -0.3 is 10.1 Å². The van der Waals surface area contributed by atoms with Crippen LogP contribution < -0.4 is 10.1 Å². The second kappa shape index (κ2) is 7.03. The molecule has 0 aliphatic carbocycles. The third-order valence-corrected chi connectivity index (χ3v) is 3.51. The SMILES string of the molecule is CC(C)Oc1cc(NCCc2nccs2)ccc1[N+](=O)[O-]. The Hall–Kier alpha value is -2.15. The molecule has 0 fully saturated rings. The lowest BCUT2D eigenvalue weighted by molar-refractivity contribution is -0.386. The Balaban J connectivity index is 2.04. The number of anilines is 1. The molecule has 0 bridgehead atoms. The molecule has 0 aliphatic rings. The van der Waals surface area contributed by atoms with Crippen molar-refractivity contribution in [3.8, 4) is 5.75 Å². The molecule has 0 saturated heterocycles. The number of hydrogen-bond acceptors (Lipinski definition) is 6. The fourth-order valence-electron chi connectivity index (χ4n) is 1.81. The Kier molecular flexibility index (Phi) is 5.10. The molecule has 0 unspecified atom stereocenters. The van der Waals surface area contributed by atoms with Gasteiger partial charge in [-0.05, 0) is 19.9 Å². The Labute approximate surface area is 126 Å². The summed E-state index contributed by atoms with van der Waals surface area (Å²) < 4.78 is 5.51. The molecule has 1 aromatic carbocycles. The molecule has 6 nitrogen and oxygen atoms in total. The number of nitro benzene ring substituents is 1. The van der Waals surface area contributed by atoms with Crippen molar-refractivity contribution in [3.05, 3.63) is 44.9 Å². The zero-order valence-electron chi connectivity index (χ0n) is 11.9. The molecular formula is C14H17N3O3S. The predicted octanol–water partition coefficient (Wildman–Crippen LogP) is 3.49. The molecule has 0 aliphatic heterocycles. The van der Waals surface area contributed by atoms with E-state index in [1.807, 2.05) is 19.2 Å². The van der Waals surface area contributed by atoms with E-state index in [0.29, 0.717) is 6.54 Å². The minimum Gasteiger partial charge on any atom is -0.484 e. The second-order valence-electron chi connectivity index (χ2n) is 4.71. The lowest BCUT2D eigenvalue weighted by Crippen LogP contribution is -2.09. The van der Waals surface area contributed by atoms with Gasteiger partial charge in [0.2, 0.25) is 0 Å². The van der Waals surface area contributed by atoms with Crippen LogP contribution in [0.2, 0.25) is 0 Å². The largest absolute Gasteiger partial charge is 0.484 e. The molecular weight excluding hydrogens is 290 g/mol. The molecule has 1 aromatic heterocycles. The van der Waals surface area contributed by atoms with E-state index in [4.69, 9.17) is 4.74 Å². The van der Waals surface area contributed by atoms with Crippen LogP contribution in [0.15, 0.2) is 29.8 Å². The molecule has 1 heterocycles. The second-order valence-corrected chi connectivity index (χ2v) is 5.69. The van der Waals surface area contributed by atoms with E-state index < -0.39 is 4.92 Å². The van der Waals surface area contributed by atoms with Crippen LogP contribution >= 0.6 is 11.3 Å². The highest BCUT2D eigenvalue weighted by atomic mass is 32.1. The first-order chi connectivity index (χ1) is 10.1. The number of benzene rings is 1. The van der Waals surface area contributed by atoms with E-state index in [2.05, 4.69) is 10.3 Å². The summed E-state index contributed by atoms with van der Waals surface area (Å²) in [5.41, 5.74) is 0.780. The third-order valence-electron chi connectivity index (χ3n) is 2.67. The Morgan fingerprint density at radius 2 is 2.29 bits per heavy atom. The van der Waals surface area contributed by atoms with Crippen molar-refractivity contribution in [2.75, 3.05) is 11.9 Å².